The predicted octanol–water partition coefficient (Wildman–Crippen LogP) is -1.33. The van der Waals surface area contributed by atoms with Crippen LogP contribution in [0.2, 0.25) is 0 Å². The Kier molecular flexibility index (Phi) is 3.31. The number of aliphatic hydroxyl groups is 1. The zero-order valence-corrected chi connectivity index (χ0v) is 9.18. The topological polar surface area (TPSA) is 71.0 Å². The highest BCUT2D eigenvalue weighted by Crippen LogP contribution is 2.13. The van der Waals surface area contributed by atoms with Crippen LogP contribution in [-0.4, -0.2) is 61.4 Å². The van der Waals surface area contributed by atoms with Gasteiger partial charge in [-0.2, -0.15) is 0 Å². The van der Waals surface area contributed by atoms with Crippen LogP contribution in [0.4, 0.5) is 0 Å². The molecular weight excluding hydrogens is 212 g/mol. The van der Waals surface area contributed by atoms with E-state index in [1.807, 2.05) is 0 Å². The molecule has 0 bridgehead atoms. The number of ether oxygens (including phenoxy) is 2. The molecule has 16 heavy (non-hydrogen) atoms. The van der Waals surface area contributed by atoms with E-state index in [4.69, 9.17) is 9.47 Å². The van der Waals surface area contributed by atoms with Crippen molar-refractivity contribution in [2.45, 2.75) is 12.1 Å². The Hall–Kier alpha value is -1.27. The van der Waals surface area contributed by atoms with Crippen molar-refractivity contribution in [1.82, 2.24) is 10.2 Å². The fourth-order valence-electron chi connectivity index (χ4n) is 1.85. The van der Waals surface area contributed by atoms with Gasteiger partial charge in [-0.15, -0.1) is 0 Å². The molecule has 1 fully saturated rings. The maximum atomic E-state index is 11.9. The number of aliphatic hydroxyl groups excluding tert-OH is 1. The summed E-state index contributed by atoms with van der Waals surface area (Å²) in [7, 11) is 1.65. The molecule has 0 spiro atoms. The molecule has 2 rings (SSSR count). The lowest BCUT2D eigenvalue weighted by Gasteiger charge is -2.27. The molecule has 2 unspecified atom stereocenters. The molecule has 1 saturated heterocycles. The number of nitrogens with zero attached hydrogens (tertiary/aromatic N) is 1. The molecule has 2 atom stereocenters. The van der Waals surface area contributed by atoms with Crippen LogP contribution in [-0.2, 0) is 14.3 Å². The molecule has 0 aromatic heterocycles. The second kappa shape index (κ2) is 4.71. The third-order valence-electron chi connectivity index (χ3n) is 2.83. The van der Waals surface area contributed by atoms with E-state index in [9.17, 15) is 9.90 Å². The van der Waals surface area contributed by atoms with Crippen LogP contribution in [0.5, 0.6) is 0 Å². The molecule has 2 aliphatic heterocycles. The first-order valence-corrected chi connectivity index (χ1v) is 5.30. The lowest BCUT2D eigenvalue weighted by Crippen LogP contribution is -2.45. The summed E-state index contributed by atoms with van der Waals surface area (Å²) in [5, 5.41) is 12.7. The number of β-amino-alcohol motifs (C(OH)–C–C–N with tert-alkyl or cyclic N) is 1. The van der Waals surface area contributed by atoms with Gasteiger partial charge >= 0.3 is 0 Å². The Labute approximate surface area is 93.8 Å². The molecular formula is C10H16N2O4. The minimum atomic E-state index is -0.529. The van der Waals surface area contributed by atoms with Crippen molar-refractivity contribution in [2.24, 2.45) is 0 Å². The predicted molar refractivity (Wildman–Crippen MR) is 55.4 cm³/mol. The first-order chi connectivity index (χ1) is 7.70. The number of hydrogen-bond donors (Lipinski definition) is 2. The number of likely N-dealkylation sites (N-methyl/N-ethyl adjacent to an activating group) is 1. The van der Waals surface area contributed by atoms with Crippen LogP contribution >= 0.6 is 0 Å². The molecule has 0 aliphatic carbocycles. The van der Waals surface area contributed by atoms with Gasteiger partial charge in [0.15, 0.2) is 0 Å². The maximum Gasteiger partial charge on any atom is 0.292 e. The Morgan fingerprint density at radius 1 is 1.56 bits per heavy atom. The molecule has 90 valence electrons. The molecule has 0 saturated carbocycles. The smallest absolute Gasteiger partial charge is 0.292 e. The number of rotatable bonds is 2. The first kappa shape index (κ1) is 11.2. The minimum absolute atomic E-state index is 0.202. The van der Waals surface area contributed by atoms with Gasteiger partial charge in [-0.05, 0) is 0 Å². The van der Waals surface area contributed by atoms with Crippen LogP contribution in [0.15, 0.2) is 12.0 Å². The number of hydrogen-bond acceptors (Lipinski definition) is 5. The van der Waals surface area contributed by atoms with Crippen LogP contribution in [0, 0.1) is 0 Å². The van der Waals surface area contributed by atoms with E-state index < -0.39 is 6.10 Å². The Morgan fingerprint density at radius 2 is 2.38 bits per heavy atom. The second-order valence-corrected chi connectivity index (χ2v) is 3.91. The van der Waals surface area contributed by atoms with Crippen molar-refractivity contribution in [3.05, 3.63) is 12.0 Å². The standard InChI is InChI=1S/C10H16N2O4/c1-12(7-4-11-5-8(7)13)10(14)9-6-15-2-3-16-9/h6-8,11,13H,2-5H2,1H3. The van der Waals surface area contributed by atoms with Crippen molar-refractivity contribution in [2.75, 3.05) is 33.4 Å². The molecule has 2 aliphatic rings. The van der Waals surface area contributed by atoms with E-state index in [2.05, 4.69) is 5.32 Å². The maximum absolute atomic E-state index is 11.9. The molecule has 6 nitrogen and oxygen atoms in total. The summed E-state index contributed by atoms with van der Waals surface area (Å²) >= 11 is 0. The summed E-state index contributed by atoms with van der Waals surface area (Å²) in [6.45, 7) is 1.96. The van der Waals surface area contributed by atoms with Crippen LogP contribution < -0.4 is 5.32 Å². The number of carbonyl (C=O) groups excluding carboxylic acids is 1. The van der Waals surface area contributed by atoms with Crippen molar-refractivity contribution in [1.29, 1.82) is 0 Å². The van der Waals surface area contributed by atoms with Crippen molar-refractivity contribution in [3.8, 4) is 0 Å². The van der Waals surface area contributed by atoms with Gasteiger partial charge in [0.2, 0.25) is 5.76 Å². The molecule has 2 N–H and O–H groups in total. The summed E-state index contributed by atoms with van der Waals surface area (Å²) in [5.41, 5.74) is 0. The van der Waals surface area contributed by atoms with Gasteiger partial charge in [-0.3, -0.25) is 4.79 Å². The van der Waals surface area contributed by atoms with Gasteiger partial charge < -0.3 is 24.8 Å². The molecule has 0 radical (unpaired) electrons. The minimum Gasteiger partial charge on any atom is -0.494 e. The average Bonchev–Trinajstić information content (AvgIpc) is 2.75. The second-order valence-electron chi connectivity index (χ2n) is 3.91. The SMILES string of the molecule is CN(C(=O)C1=COCCO1)C1CNCC1O. The third kappa shape index (κ3) is 2.12. The van der Waals surface area contributed by atoms with Gasteiger partial charge in [0, 0.05) is 20.1 Å². The van der Waals surface area contributed by atoms with E-state index in [1.54, 1.807) is 7.05 Å². The highest BCUT2D eigenvalue weighted by Gasteiger charge is 2.33. The number of amides is 1. The Balaban J connectivity index is 2.00. The highest BCUT2D eigenvalue weighted by molar-refractivity contribution is 5.91. The van der Waals surface area contributed by atoms with Crippen molar-refractivity contribution in [3.63, 3.8) is 0 Å². The Bertz CT molecular complexity index is 305. The van der Waals surface area contributed by atoms with Crippen LogP contribution in [0.1, 0.15) is 0 Å². The summed E-state index contributed by atoms with van der Waals surface area (Å²) in [6.07, 6.45) is 0.802. The highest BCUT2D eigenvalue weighted by atomic mass is 16.6. The van der Waals surface area contributed by atoms with Gasteiger partial charge in [-0.1, -0.05) is 0 Å². The van der Waals surface area contributed by atoms with Gasteiger partial charge in [0.1, 0.15) is 19.5 Å². The summed E-state index contributed by atoms with van der Waals surface area (Å²) < 4.78 is 10.2. The van der Waals surface area contributed by atoms with E-state index >= 15 is 0 Å². The molecule has 0 aromatic rings. The fraction of sp³-hybridized carbons (Fsp3) is 0.700. The van der Waals surface area contributed by atoms with Crippen molar-refractivity contribution >= 4 is 5.91 Å². The number of nitrogens with one attached hydrogen (secondary N) is 1. The van der Waals surface area contributed by atoms with Crippen LogP contribution in [0.3, 0.4) is 0 Å². The summed E-state index contributed by atoms with van der Waals surface area (Å²) in [4.78, 5) is 13.4. The molecule has 0 aromatic carbocycles. The zero-order chi connectivity index (χ0) is 11.5. The van der Waals surface area contributed by atoms with Gasteiger partial charge in [-0.25, -0.2) is 0 Å². The van der Waals surface area contributed by atoms with Gasteiger partial charge in [0.25, 0.3) is 5.91 Å². The number of carbonyl (C=O) groups is 1. The largest absolute Gasteiger partial charge is 0.494 e. The van der Waals surface area contributed by atoms with E-state index in [0.717, 1.165) is 0 Å². The molecule has 6 heteroatoms. The van der Waals surface area contributed by atoms with Crippen molar-refractivity contribution < 1.29 is 19.4 Å². The summed E-state index contributed by atoms with van der Waals surface area (Å²) in [6, 6.07) is -0.209. The monoisotopic (exact) mass is 228 g/mol. The van der Waals surface area contributed by atoms with E-state index in [0.29, 0.717) is 26.3 Å². The van der Waals surface area contributed by atoms with E-state index in [-0.39, 0.29) is 17.7 Å². The molecule has 2 heterocycles. The molecule has 1 amide bonds. The lowest BCUT2D eigenvalue weighted by molar-refractivity contribution is -0.134. The zero-order valence-electron chi connectivity index (χ0n) is 9.18. The van der Waals surface area contributed by atoms with Gasteiger partial charge in [0.05, 0.1) is 12.1 Å². The third-order valence-corrected chi connectivity index (χ3v) is 2.83. The normalized spacial score (nSPS) is 29.0. The summed E-state index contributed by atoms with van der Waals surface area (Å²) in [5.74, 6) is -0.0553. The Morgan fingerprint density at radius 3 is 2.94 bits per heavy atom. The average molecular weight is 228 g/mol. The fourth-order valence-corrected chi connectivity index (χ4v) is 1.85. The van der Waals surface area contributed by atoms with E-state index in [1.165, 1.54) is 11.2 Å². The first-order valence-electron chi connectivity index (χ1n) is 5.30. The quantitative estimate of drug-likeness (QED) is 0.612. The lowest BCUT2D eigenvalue weighted by atomic mass is 10.2. The van der Waals surface area contributed by atoms with Crippen LogP contribution in [0.25, 0.3) is 0 Å².